The minimum absolute atomic E-state index is 0.538. The summed E-state index contributed by atoms with van der Waals surface area (Å²) in [5.74, 6) is 1.11. The lowest BCUT2D eigenvalue weighted by atomic mass is 9.75. The Bertz CT molecular complexity index is 419. The number of nitrogens with one attached hydrogen (secondary N) is 1. The monoisotopic (exact) mass is 247 g/mol. The zero-order chi connectivity index (χ0) is 12.8. The highest BCUT2D eigenvalue weighted by Gasteiger charge is 2.30. The number of hydrogen-bond acceptors (Lipinski definition) is 2. The molecule has 0 radical (unpaired) electrons. The zero-order valence-corrected chi connectivity index (χ0v) is 11.9. The van der Waals surface area contributed by atoms with E-state index in [9.17, 15) is 0 Å². The van der Waals surface area contributed by atoms with Gasteiger partial charge in [0, 0.05) is 18.3 Å². The fourth-order valence-corrected chi connectivity index (χ4v) is 2.97. The molecule has 3 heteroatoms. The number of aryl methyl sites for hydroxylation is 1. The molecule has 0 spiro atoms. The smallest absolute Gasteiger partial charge is 0.203 e. The van der Waals surface area contributed by atoms with Crippen LogP contribution in [0.1, 0.15) is 64.1 Å². The lowest BCUT2D eigenvalue weighted by Crippen LogP contribution is -2.24. The average Bonchev–Trinajstić information content (AvgIpc) is 3.02. The molecular weight excluding hydrogens is 222 g/mol. The van der Waals surface area contributed by atoms with Crippen molar-refractivity contribution in [1.82, 2.24) is 9.55 Å². The maximum atomic E-state index is 4.65. The predicted octanol–water partition coefficient (Wildman–Crippen LogP) is 3.91. The van der Waals surface area contributed by atoms with Crippen LogP contribution in [0.4, 0.5) is 5.95 Å². The number of hydrogen-bond donors (Lipinski definition) is 1. The number of rotatable bonds is 3. The van der Waals surface area contributed by atoms with Crippen molar-refractivity contribution in [2.24, 2.45) is 5.41 Å². The Balaban J connectivity index is 1.74. The molecule has 0 bridgehead atoms. The van der Waals surface area contributed by atoms with Gasteiger partial charge in [0.05, 0.1) is 5.69 Å². The highest BCUT2D eigenvalue weighted by Crippen LogP contribution is 2.41. The van der Waals surface area contributed by atoms with Gasteiger partial charge in [0.25, 0.3) is 0 Å². The van der Waals surface area contributed by atoms with Crippen molar-refractivity contribution >= 4 is 5.95 Å². The van der Waals surface area contributed by atoms with Gasteiger partial charge in [-0.05, 0) is 50.9 Å². The minimum atomic E-state index is 0.538. The number of aromatic nitrogens is 2. The molecule has 0 atom stereocenters. The third-order valence-corrected chi connectivity index (χ3v) is 4.47. The normalized spacial score (nSPS) is 24.2. The third kappa shape index (κ3) is 2.55. The standard InChI is InChI=1S/C15H25N3/c1-11-10-18(14(16-11)17-12-4-5-12)13-6-8-15(2,3)9-7-13/h10,12-13H,4-9H2,1-3H3,(H,16,17). The molecule has 18 heavy (non-hydrogen) atoms. The number of nitrogens with zero attached hydrogens (tertiary/aromatic N) is 2. The molecule has 2 saturated carbocycles. The molecule has 1 aromatic rings. The maximum Gasteiger partial charge on any atom is 0.203 e. The second kappa shape index (κ2) is 4.29. The fraction of sp³-hybridized carbons (Fsp3) is 0.800. The lowest BCUT2D eigenvalue weighted by molar-refractivity contribution is 0.194. The van der Waals surface area contributed by atoms with Gasteiger partial charge in [0.1, 0.15) is 0 Å². The first-order chi connectivity index (χ1) is 8.53. The topological polar surface area (TPSA) is 29.9 Å². The molecule has 0 saturated heterocycles. The van der Waals surface area contributed by atoms with Crippen molar-refractivity contribution in [3.63, 3.8) is 0 Å². The van der Waals surface area contributed by atoms with Crippen LogP contribution in [0, 0.1) is 12.3 Å². The molecule has 1 aromatic heterocycles. The first kappa shape index (κ1) is 12.1. The summed E-state index contributed by atoms with van der Waals surface area (Å²) in [5, 5.41) is 3.58. The van der Waals surface area contributed by atoms with E-state index in [1.54, 1.807) is 0 Å². The van der Waals surface area contributed by atoms with E-state index in [1.165, 1.54) is 38.5 Å². The van der Waals surface area contributed by atoms with E-state index in [-0.39, 0.29) is 0 Å². The van der Waals surface area contributed by atoms with Gasteiger partial charge in [0.15, 0.2) is 0 Å². The largest absolute Gasteiger partial charge is 0.353 e. The van der Waals surface area contributed by atoms with Crippen LogP contribution in [0.25, 0.3) is 0 Å². The van der Waals surface area contributed by atoms with Gasteiger partial charge >= 0.3 is 0 Å². The van der Waals surface area contributed by atoms with Crippen molar-refractivity contribution < 1.29 is 0 Å². The molecule has 3 rings (SSSR count). The SMILES string of the molecule is Cc1cn(C2CCC(C)(C)CC2)c(NC2CC2)n1. The van der Waals surface area contributed by atoms with E-state index in [4.69, 9.17) is 0 Å². The lowest BCUT2D eigenvalue weighted by Gasteiger charge is -2.35. The Morgan fingerprint density at radius 3 is 2.50 bits per heavy atom. The fourth-order valence-electron chi connectivity index (χ4n) is 2.97. The number of anilines is 1. The van der Waals surface area contributed by atoms with E-state index in [0.717, 1.165) is 11.6 Å². The van der Waals surface area contributed by atoms with Crippen LogP contribution in [0.2, 0.25) is 0 Å². The Kier molecular flexibility index (Phi) is 2.87. The van der Waals surface area contributed by atoms with Gasteiger partial charge in [-0.2, -0.15) is 0 Å². The molecule has 0 unspecified atom stereocenters. The number of imidazole rings is 1. The summed E-state index contributed by atoms with van der Waals surface area (Å²) in [5.41, 5.74) is 1.68. The second-order valence-corrected chi connectivity index (χ2v) is 6.93. The summed E-state index contributed by atoms with van der Waals surface area (Å²) >= 11 is 0. The van der Waals surface area contributed by atoms with Crippen molar-refractivity contribution in [2.75, 3.05) is 5.32 Å². The summed E-state index contributed by atoms with van der Waals surface area (Å²) in [4.78, 5) is 4.65. The third-order valence-electron chi connectivity index (χ3n) is 4.47. The summed E-state index contributed by atoms with van der Waals surface area (Å²) in [7, 11) is 0. The molecule has 1 N–H and O–H groups in total. The molecule has 2 fully saturated rings. The van der Waals surface area contributed by atoms with E-state index < -0.39 is 0 Å². The minimum Gasteiger partial charge on any atom is -0.353 e. The van der Waals surface area contributed by atoms with Crippen molar-refractivity contribution in [2.45, 2.75) is 71.4 Å². The summed E-state index contributed by atoms with van der Waals surface area (Å²) < 4.78 is 2.41. The average molecular weight is 247 g/mol. The van der Waals surface area contributed by atoms with Crippen LogP contribution in [0.5, 0.6) is 0 Å². The van der Waals surface area contributed by atoms with Gasteiger partial charge in [-0.1, -0.05) is 13.8 Å². The first-order valence-electron chi connectivity index (χ1n) is 7.35. The molecule has 0 aromatic carbocycles. The van der Waals surface area contributed by atoms with Crippen LogP contribution in [0.15, 0.2) is 6.20 Å². The predicted molar refractivity (Wildman–Crippen MR) is 74.9 cm³/mol. The Morgan fingerprint density at radius 2 is 1.89 bits per heavy atom. The van der Waals surface area contributed by atoms with Crippen molar-refractivity contribution in [3.05, 3.63) is 11.9 Å². The van der Waals surface area contributed by atoms with Crippen molar-refractivity contribution in [3.8, 4) is 0 Å². The molecule has 100 valence electrons. The quantitative estimate of drug-likeness (QED) is 0.877. The molecule has 1 heterocycles. The highest BCUT2D eigenvalue weighted by atomic mass is 15.2. The molecule has 0 amide bonds. The van der Waals surface area contributed by atoms with E-state index >= 15 is 0 Å². The van der Waals surface area contributed by atoms with E-state index in [1.807, 2.05) is 0 Å². The van der Waals surface area contributed by atoms with Crippen LogP contribution < -0.4 is 5.32 Å². The zero-order valence-electron chi connectivity index (χ0n) is 11.9. The van der Waals surface area contributed by atoms with Crippen LogP contribution >= 0.6 is 0 Å². The highest BCUT2D eigenvalue weighted by molar-refractivity contribution is 5.33. The van der Waals surface area contributed by atoms with Gasteiger partial charge in [-0.15, -0.1) is 0 Å². The van der Waals surface area contributed by atoms with Crippen LogP contribution in [0.3, 0.4) is 0 Å². The van der Waals surface area contributed by atoms with E-state index in [2.05, 4.69) is 41.8 Å². The van der Waals surface area contributed by atoms with Crippen molar-refractivity contribution in [1.29, 1.82) is 0 Å². The van der Waals surface area contributed by atoms with Gasteiger partial charge in [0.2, 0.25) is 5.95 Å². The Labute approximate surface area is 110 Å². The Hall–Kier alpha value is -0.990. The van der Waals surface area contributed by atoms with Gasteiger partial charge in [-0.25, -0.2) is 4.98 Å². The maximum absolute atomic E-state index is 4.65. The summed E-state index contributed by atoms with van der Waals surface area (Å²) in [6.45, 7) is 6.89. The van der Waals surface area contributed by atoms with Crippen LogP contribution in [-0.2, 0) is 0 Å². The molecule has 3 nitrogen and oxygen atoms in total. The van der Waals surface area contributed by atoms with E-state index in [0.29, 0.717) is 17.5 Å². The molecular formula is C15H25N3. The molecule has 0 aliphatic heterocycles. The van der Waals surface area contributed by atoms with Gasteiger partial charge < -0.3 is 9.88 Å². The first-order valence-corrected chi connectivity index (χ1v) is 7.35. The molecule has 2 aliphatic rings. The summed E-state index contributed by atoms with van der Waals surface area (Å²) in [6, 6.07) is 1.34. The second-order valence-electron chi connectivity index (χ2n) is 6.93. The Morgan fingerprint density at radius 1 is 1.22 bits per heavy atom. The molecule has 2 aliphatic carbocycles. The van der Waals surface area contributed by atoms with Gasteiger partial charge in [-0.3, -0.25) is 0 Å². The summed E-state index contributed by atoms with van der Waals surface area (Å²) in [6.07, 6.45) is 10.1. The van der Waals surface area contributed by atoms with Crippen LogP contribution in [-0.4, -0.2) is 15.6 Å².